The normalized spacial score (nSPS) is 11.1. The predicted molar refractivity (Wildman–Crippen MR) is 52.4 cm³/mol. The Hall–Kier alpha value is -0.820. The molecular weight excluding hydrogens is 146 g/mol. The summed E-state index contributed by atoms with van der Waals surface area (Å²) in [5.41, 5.74) is 7.07. The second-order valence-corrected chi connectivity index (χ2v) is 3.49. The number of benzene rings is 1. The first-order valence-electron chi connectivity index (χ1n) is 4.37. The fraction of sp³-hybridized carbons (Fsp3) is 0.364. The number of rotatable bonds is 3. The van der Waals surface area contributed by atoms with Crippen LogP contribution in [0.25, 0.3) is 0 Å². The number of nitrogens with two attached hydrogens (primary N) is 1. The molecule has 0 heterocycles. The van der Waals surface area contributed by atoms with Crippen LogP contribution in [0.4, 0.5) is 0 Å². The van der Waals surface area contributed by atoms with Gasteiger partial charge in [0.25, 0.3) is 0 Å². The molecule has 0 aliphatic rings. The molecule has 0 saturated heterocycles. The Morgan fingerprint density at radius 1 is 1.25 bits per heavy atom. The van der Waals surface area contributed by atoms with Gasteiger partial charge in [-0.05, 0) is 17.9 Å². The highest BCUT2D eigenvalue weighted by Gasteiger charge is 2.07. The summed E-state index contributed by atoms with van der Waals surface area (Å²) in [6, 6.07) is 11.1. The van der Waals surface area contributed by atoms with Crippen LogP contribution in [0.1, 0.15) is 25.8 Å². The van der Waals surface area contributed by atoms with E-state index in [2.05, 4.69) is 26.0 Å². The second kappa shape index (κ2) is 4.27. The van der Waals surface area contributed by atoms with Crippen molar-refractivity contribution in [2.75, 3.05) is 0 Å². The van der Waals surface area contributed by atoms with Gasteiger partial charge in [0.05, 0.1) is 6.04 Å². The van der Waals surface area contributed by atoms with E-state index < -0.39 is 0 Å². The van der Waals surface area contributed by atoms with E-state index in [9.17, 15) is 0 Å². The summed E-state index contributed by atoms with van der Waals surface area (Å²) in [7, 11) is 0. The molecular formula is C11H16N. The van der Waals surface area contributed by atoms with Gasteiger partial charge in [-0.25, -0.2) is 0 Å². The lowest BCUT2D eigenvalue weighted by atomic mass is 9.98. The third kappa shape index (κ3) is 2.67. The third-order valence-electron chi connectivity index (χ3n) is 1.77. The molecule has 0 aromatic heterocycles. The third-order valence-corrected chi connectivity index (χ3v) is 1.77. The SMILES string of the molecule is CC(C)C[C](N)c1ccccc1. The van der Waals surface area contributed by atoms with E-state index in [0.29, 0.717) is 5.92 Å². The quantitative estimate of drug-likeness (QED) is 0.726. The summed E-state index contributed by atoms with van der Waals surface area (Å²) < 4.78 is 0. The van der Waals surface area contributed by atoms with Gasteiger partial charge in [-0.15, -0.1) is 0 Å². The minimum atomic E-state index is 0.630. The van der Waals surface area contributed by atoms with Gasteiger partial charge < -0.3 is 5.73 Å². The first-order chi connectivity index (χ1) is 5.70. The number of hydrogen-bond acceptors (Lipinski definition) is 1. The Balaban J connectivity index is 2.59. The van der Waals surface area contributed by atoms with Gasteiger partial charge in [-0.3, -0.25) is 0 Å². The number of hydrogen-bond donors (Lipinski definition) is 1. The Labute approximate surface area is 74.6 Å². The van der Waals surface area contributed by atoms with Crippen LogP contribution in [0.3, 0.4) is 0 Å². The van der Waals surface area contributed by atoms with Crippen LogP contribution in [0.5, 0.6) is 0 Å². The second-order valence-electron chi connectivity index (χ2n) is 3.49. The predicted octanol–water partition coefficient (Wildman–Crippen LogP) is 2.57. The largest absolute Gasteiger partial charge is 0.320 e. The lowest BCUT2D eigenvalue weighted by Gasteiger charge is -2.12. The first kappa shape index (κ1) is 9.27. The molecule has 0 saturated carbocycles. The standard InChI is InChI=1S/C11H16N/c1-9(2)8-11(12)10-6-4-3-5-7-10/h3-7,9H,8,12H2,1-2H3. The van der Waals surface area contributed by atoms with Crippen molar-refractivity contribution in [1.82, 2.24) is 0 Å². The topological polar surface area (TPSA) is 26.0 Å². The van der Waals surface area contributed by atoms with E-state index in [1.54, 1.807) is 0 Å². The molecule has 0 spiro atoms. The van der Waals surface area contributed by atoms with E-state index in [-0.39, 0.29) is 0 Å². The average molecular weight is 162 g/mol. The molecule has 0 aliphatic heterocycles. The summed E-state index contributed by atoms with van der Waals surface area (Å²) in [6.45, 7) is 4.35. The van der Waals surface area contributed by atoms with Crippen LogP contribution in [0.15, 0.2) is 30.3 Å². The van der Waals surface area contributed by atoms with E-state index >= 15 is 0 Å². The summed E-state index contributed by atoms with van der Waals surface area (Å²) >= 11 is 0. The molecule has 1 heteroatoms. The average Bonchev–Trinajstić information content (AvgIpc) is 2.05. The zero-order chi connectivity index (χ0) is 8.97. The van der Waals surface area contributed by atoms with Crippen molar-refractivity contribution in [3.8, 4) is 0 Å². The molecule has 0 bridgehead atoms. The zero-order valence-corrected chi connectivity index (χ0v) is 7.75. The molecule has 1 aromatic rings. The Morgan fingerprint density at radius 2 is 1.83 bits per heavy atom. The lowest BCUT2D eigenvalue weighted by Crippen LogP contribution is -2.13. The highest BCUT2D eigenvalue weighted by Crippen LogP contribution is 2.16. The zero-order valence-electron chi connectivity index (χ0n) is 7.75. The van der Waals surface area contributed by atoms with Crippen molar-refractivity contribution in [3.05, 3.63) is 41.9 Å². The Morgan fingerprint density at radius 3 is 2.33 bits per heavy atom. The van der Waals surface area contributed by atoms with Crippen LogP contribution in [-0.4, -0.2) is 0 Å². The van der Waals surface area contributed by atoms with Crippen LogP contribution >= 0.6 is 0 Å². The summed E-state index contributed by atoms with van der Waals surface area (Å²) in [5, 5.41) is 0. The van der Waals surface area contributed by atoms with Gasteiger partial charge in [0, 0.05) is 0 Å². The van der Waals surface area contributed by atoms with E-state index in [1.165, 1.54) is 0 Å². The van der Waals surface area contributed by atoms with Crippen molar-refractivity contribution in [2.24, 2.45) is 11.7 Å². The molecule has 0 fully saturated rings. The maximum Gasteiger partial charge on any atom is 0.0636 e. The van der Waals surface area contributed by atoms with Gasteiger partial charge in [0.15, 0.2) is 0 Å². The summed E-state index contributed by atoms with van der Waals surface area (Å²) in [5.74, 6) is 0.630. The molecule has 1 aromatic carbocycles. The molecule has 0 atom stereocenters. The molecule has 2 N–H and O–H groups in total. The van der Waals surface area contributed by atoms with Crippen molar-refractivity contribution < 1.29 is 0 Å². The molecule has 12 heavy (non-hydrogen) atoms. The van der Waals surface area contributed by atoms with Gasteiger partial charge in [0.2, 0.25) is 0 Å². The maximum atomic E-state index is 5.91. The highest BCUT2D eigenvalue weighted by molar-refractivity contribution is 5.28. The Bertz CT molecular complexity index is 216. The van der Waals surface area contributed by atoms with Gasteiger partial charge in [-0.2, -0.15) is 0 Å². The minimum absolute atomic E-state index is 0.630. The van der Waals surface area contributed by atoms with Gasteiger partial charge >= 0.3 is 0 Å². The van der Waals surface area contributed by atoms with Crippen LogP contribution in [0, 0.1) is 12.0 Å². The van der Waals surface area contributed by atoms with Crippen molar-refractivity contribution in [3.63, 3.8) is 0 Å². The molecule has 1 radical (unpaired) electrons. The maximum absolute atomic E-state index is 5.91. The fourth-order valence-corrected chi connectivity index (χ4v) is 1.21. The first-order valence-corrected chi connectivity index (χ1v) is 4.37. The van der Waals surface area contributed by atoms with Gasteiger partial charge in [0.1, 0.15) is 0 Å². The van der Waals surface area contributed by atoms with E-state index in [1.807, 2.05) is 18.2 Å². The molecule has 1 rings (SSSR count). The van der Waals surface area contributed by atoms with Crippen molar-refractivity contribution in [2.45, 2.75) is 20.3 Å². The molecule has 0 unspecified atom stereocenters. The Kier molecular flexibility index (Phi) is 3.30. The minimum Gasteiger partial charge on any atom is -0.320 e. The summed E-state index contributed by atoms with van der Waals surface area (Å²) in [6.07, 6.45) is 0.976. The molecule has 65 valence electrons. The monoisotopic (exact) mass is 162 g/mol. The van der Waals surface area contributed by atoms with Crippen LogP contribution < -0.4 is 5.73 Å². The van der Waals surface area contributed by atoms with Gasteiger partial charge in [-0.1, -0.05) is 44.2 Å². The smallest absolute Gasteiger partial charge is 0.0636 e. The van der Waals surface area contributed by atoms with Crippen molar-refractivity contribution >= 4 is 0 Å². The van der Waals surface area contributed by atoms with E-state index in [4.69, 9.17) is 5.73 Å². The molecule has 0 amide bonds. The lowest BCUT2D eigenvalue weighted by molar-refractivity contribution is 0.603. The highest BCUT2D eigenvalue weighted by atomic mass is 14.6. The van der Waals surface area contributed by atoms with E-state index in [0.717, 1.165) is 18.0 Å². The van der Waals surface area contributed by atoms with Crippen LogP contribution in [0.2, 0.25) is 0 Å². The fourth-order valence-electron chi connectivity index (χ4n) is 1.21. The molecule has 1 nitrogen and oxygen atoms in total. The van der Waals surface area contributed by atoms with Crippen LogP contribution in [-0.2, 0) is 0 Å². The summed E-state index contributed by atoms with van der Waals surface area (Å²) in [4.78, 5) is 0. The molecule has 0 aliphatic carbocycles. The van der Waals surface area contributed by atoms with Crippen molar-refractivity contribution in [1.29, 1.82) is 0 Å².